The largest absolute Gasteiger partial charge is 0.348 e. The molecule has 3 rings (SSSR count). The molecule has 1 fully saturated rings. The van der Waals surface area contributed by atoms with Gasteiger partial charge in [-0.3, -0.25) is 0 Å². The maximum atomic E-state index is 13.4. The minimum absolute atomic E-state index is 0.285. The lowest BCUT2D eigenvalue weighted by molar-refractivity contribution is -0.206. The van der Waals surface area contributed by atoms with E-state index in [0.717, 1.165) is 30.5 Å². The molecule has 1 aliphatic rings. The first-order chi connectivity index (χ1) is 12.1. The van der Waals surface area contributed by atoms with Gasteiger partial charge in [0.05, 0.1) is 13.2 Å². The summed E-state index contributed by atoms with van der Waals surface area (Å²) in [6, 6.07) is 9.00. The van der Waals surface area contributed by atoms with Gasteiger partial charge < -0.3 is 9.47 Å². The zero-order chi connectivity index (χ0) is 17.8. The molecular weight excluding hydrogens is 329 g/mol. The molecule has 25 heavy (non-hydrogen) atoms. The summed E-state index contributed by atoms with van der Waals surface area (Å²) >= 11 is 0. The van der Waals surface area contributed by atoms with Crippen LogP contribution in [0.5, 0.6) is 0 Å². The Kier molecular flexibility index (Phi) is 5.76. The summed E-state index contributed by atoms with van der Waals surface area (Å²) in [4.78, 5) is 0. The fraction of sp³-hybridized carbons (Fsp3) is 0.400. The van der Waals surface area contributed by atoms with Crippen molar-refractivity contribution in [3.05, 3.63) is 59.4 Å². The van der Waals surface area contributed by atoms with Crippen molar-refractivity contribution in [1.29, 1.82) is 0 Å². The maximum absolute atomic E-state index is 13.4. The second-order valence-electron chi connectivity index (χ2n) is 6.38. The van der Waals surface area contributed by atoms with Crippen molar-refractivity contribution >= 4 is 0 Å². The second kappa shape index (κ2) is 8.02. The van der Waals surface area contributed by atoms with E-state index >= 15 is 0 Å². The van der Waals surface area contributed by atoms with Crippen molar-refractivity contribution in [2.24, 2.45) is 5.92 Å². The van der Waals surface area contributed by atoms with Gasteiger partial charge in [-0.1, -0.05) is 44.0 Å². The molecule has 0 amide bonds. The molecule has 0 radical (unpaired) electrons. The number of hydrogen-bond acceptors (Lipinski definition) is 2. The van der Waals surface area contributed by atoms with Gasteiger partial charge in [-0.15, -0.1) is 0 Å². The highest BCUT2D eigenvalue weighted by Crippen LogP contribution is 2.30. The Balaban J connectivity index is 1.67. The van der Waals surface area contributed by atoms with E-state index in [2.05, 4.69) is 6.92 Å². The standard InChI is InChI=1S/C20H21F3O2/c1-2-3-4-13-11-24-20(25-12-13)15-7-5-14(6-8-15)16-9-17(21)19(23)18(22)10-16/h5-10,13,20H,2-4,11-12H2,1H3. The van der Waals surface area contributed by atoms with Crippen LogP contribution < -0.4 is 0 Å². The number of unbranched alkanes of at least 4 members (excludes halogenated alkanes) is 1. The van der Waals surface area contributed by atoms with Crippen LogP contribution in [0.2, 0.25) is 0 Å². The smallest absolute Gasteiger partial charge is 0.194 e. The van der Waals surface area contributed by atoms with E-state index in [-0.39, 0.29) is 5.56 Å². The molecule has 0 unspecified atom stereocenters. The summed E-state index contributed by atoms with van der Waals surface area (Å²) < 4.78 is 51.4. The second-order valence-corrected chi connectivity index (χ2v) is 6.38. The van der Waals surface area contributed by atoms with E-state index in [1.807, 2.05) is 0 Å². The fourth-order valence-corrected chi connectivity index (χ4v) is 2.95. The van der Waals surface area contributed by atoms with Gasteiger partial charge in [-0.05, 0) is 29.7 Å². The first-order valence-electron chi connectivity index (χ1n) is 8.56. The minimum atomic E-state index is -1.46. The SMILES string of the molecule is CCCCC1COC(c2ccc(-c3cc(F)c(F)c(F)c3)cc2)OC1. The summed E-state index contributed by atoms with van der Waals surface area (Å²) in [6.45, 7) is 3.50. The van der Waals surface area contributed by atoms with E-state index in [0.29, 0.717) is 24.7 Å². The lowest BCUT2D eigenvalue weighted by atomic mass is 10.0. The Bertz CT molecular complexity index is 684. The van der Waals surface area contributed by atoms with Crippen molar-refractivity contribution in [3.63, 3.8) is 0 Å². The topological polar surface area (TPSA) is 18.5 Å². The molecule has 5 heteroatoms. The summed E-state index contributed by atoms with van der Waals surface area (Å²) in [5.74, 6) is -3.42. The number of hydrogen-bond donors (Lipinski definition) is 0. The first kappa shape index (κ1) is 18.0. The Morgan fingerprint density at radius 1 is 0.920 bits per heavy atom. The first-order valence-corrected chi connectivity index (χ1v) is 8.56. The molecule has 2 aromatic rings. The van der Waals surface area contributed by atoms with Gasteiger partial charge in [-0.2, -0.15) is 0 Å². The highest BCUT2D eigenvalue weighted by molar-refractivity contribution is 5.64. The van der Waals surface area contributed by atoms with Crippen molar-refractivity contribution in [1.82, 2.24) is 0 Å². The molecule has 0 N–H and O–H groups in total. The molecule has 2 aromatic carbocycles. The third kappa shape index (κ3) is 4.22. The maximum Gasteiger partial charge on any atom is 0.194 e. The van der Waals surface area contributed by atoms with Crippen LogP contribution >= 0.6 is 0 Å². The van der Waals surface area contributed by atoms with E-state index in [4.69, 9.17) is 9.47 Å². The fourth-order valence-electron chi connectivity index (χ4n) is 2.95. The van der Waals surface area contributed by atoms with Gasteiger partial charge in [0.2, 0.25) is 0 Å². The minimum Gasteiger partial charge on any atom is -0.348 e. The number of ether oxygens (including phenoxy) is 2. The zero-order valence-corrected chi connectivity index (χ0v) is 14.1. The van der Waals surface area contributed by atoms with Crippen LogP contribution in [0.25, 0.3) is 11.1 Å². The third-order valence-corrected chi connectivity index (χ3v) is 4.43. The molecule has 0 aromatic heterocycles. The normalized spacial score (nSPS) is 20.6. The molecule has 1 saturated heterocycles. The van der Waals surface area contributed by atoms with E-state index in [9.17, 15) is 13.2 Å². The van der Waals surface area contributed by atoms with Gasteiger partial charge in [0.1, 0.15) is 0 Å². The number of benzene rings is 2. The van der Waals surface area contributed by atoms with Crippen LogP contribution in [-0.2, 0) is 9.47 Å². The number of rotatable bonds is 5. The molecule has 0 aliphatic carbocycles. The molecule has 1 aliphatic heterocycles. The van der Waals surface area contributed by atoms with Crippen LogP contribution in [0.3, 0.4) is 0 Å². The third-order valence-electron chi connectivity index (χ3n) is 4.43. The van der Waals surface area contributed by atoms with Gasteiger partial charge in [0.25, 0.3) is 0 Å². The molecular formula is C20H21F3O2. The molecule has 1 heterocycles. The Labute approximate surface area is 145 Å². The van der Waals surface area contributed by atoms with Crippen molar-refractivity contribution in [2.75, 3.05) is 13.2 Å². The molecule has 134 valence electrons. The van der Waals surface area contributed by atoms with E-state index in [1.165, 1.54) is 6.42 Å². The molecule has 0 atom stereocenters. The summed E-state index contributed by atoms with van der Waals surface area (Å²) in [6.07, 6.45) is 3.01. The predicted octanol–water partition coefficient (Wildman–Crippen LogP) is 5.62. The zero-order valence-electron chi connectivity index (χ0n) is 14.1. The van der Waals surface area contributed by atoms with Gasteiger partial charge >= 0.3 is 0 Å². The van der Waals surface area contributed by atoms with Crippen LogP contribution in [0.1, 0.15) is 38.0 Å². The van der Waals surface area contributed by atoms with E-state index < -0.39 is 23.7 Å². The van der Waals surface area contributed by atoms with E-state index in [1.54, 1.807) is 24.3 Å². The Hall–Kier alpha value is -1.85. The monoisotopic (exact) mass is 350 g/mol. The Morgan fingerprint density at radius 3 is 2.08 bits per heavy atom. The highest BCUT2D eigenvalue weighted by Gasteiger charge is 2.23. The summed E-state index contributed by atoms with van der Waals surface area (Å²) in [5.41, 5.74) is 1.73. The average Bonchev–Trinajstić information content (AvgIpc) is 2.64. The van der Waals surface area contributed by atoms with Crippen molar-refractivity contribution in [2.45, 2.75) is 32.5 Å². The Morgan fingerprint density at radius 2 is 1.52 bits per heavy atom. The van der Waals surface area contributed by atoms with Crippen molar-refractivity contribution in [3.8, 4) is 11.1 Å². The van der Waals surface area contributed by atoms with Gasteiger partial charge in [0.15, 0.2) is 23.7 Å². The predicted molar refractivity (Wildman–Crippen MR) is 89.4 cm³/mol. The van der Waals surface area contributed by atoms with Crippen LogP contribution in [0, 0.1) is 23.4 Å². The van der Waals surface area contributed by atoms with Crippen molar-refractivity contribution < 1.29 is 22.6 Å². The molecule has 0 saturated carbocycles. The van der Waals surface area contributed by atoms with Crippen LogP contribution in [0.4, 0.5) is 13.2 Å². The quantitative estimate of drug-likeness (QED) is 0.651. The number of halogens is 3. The summed E-state index contributed by atoms with van der Waals surface area (Å²) in [7, 11) is 0. The van der Waals surface area contributed by atoms with Gasteiger partial charge in [-0.25, -0.2) is 13.2 Å². The highest BCUT2D eigenvalue weighted by atomic mass is 19.2. The van der Waals surface area contributed by atoms with Gasteiger partial charge in [0, 0.05) is 11.5 Å². The molecule has 0 spiro atoms. The molecule has 2 nitrogen and oxygen atoms in total. The van der Waals surface area contributed by atoms with Crippen LogP contribution in [0.15, 0.2) is 36.4 Å². The molecule has 0 bridgehead atoms. The summed E-state index contributed by atoms with van der Waals surface area (Å²) in [5, 5.41) is 0. The van der Waals surface area contributed by atoms with Crippen LogP contribution in [-0.4, -0.2) is 13.2 Å². The lowest BCUT2D eigenvalue weighted by Crippen LogP contribution is -2.27. The average molecular weight is 350 g/mol. The lowest BCUT2D eigenvalue weighted by Gasteiger charge is -2.29.